The largest absolute Gasteiger partial charge is 0.412 e. The van der Waals surface area contributed by atoms with Crippen molar-refractivity contribution in [2.75, 3.05) is 7.11 Å². The maximum Gasteiger partial charge on any atom is 0.184 e. The molecule has 1 unspecified atom stereocenters. The van der Waals surface area contributed by atoms with Crippen LogP contribution in [0.2, 0.25) is 19.6 Å². The van der Waals surface area contributed by atoms with E-state index in [1.807, 2.05) is 0 Å². The molecule has 0 heterocycles. The van der Waals surface area contributed by atoms with E-state index in [-0.39, 0.29) is 11.0 Å². The van der Waals surface area contributed by atoms with Crippen molar-refractivity contribution in [3.05, 3.63) is 23.8 Å². The highest BCUT2D eigenvalue weighted by Gasteiger charge is 2.63. The Labute approximate surface area is 172 Å². The zero-order chi connectivity index (χ0) is 20.4. The third-order valence-electron chi connectivity index (χ3n) is 8.83. The fourth-order valence-corrected chi connectivity index (χ4v) is 9.13. The second kappa shape index (κ2) is 6.56. The Morgan fingerprint density at radius 1 is 1.04 bits per heavy atom. The van der Waals surface area contributed by atoms with Crippen LogP contribution in [0.4, 0.5) is 0 Å². The molecule has 0 amide bonds. The maximum absolute atomic E-state index is 6.89. The molecule has 3 nitrogen and oxygen atoms in total. The lowest BCUT2D eigenvalue weighted by molar-refractivity contribution is -0.102. The highest BCUT2D eigenvalue weighted by Crippen LogP contribution is 2.67. The van der Waals surface area contributed by atoms with Gasteiger partial charge in [-0.15, -0.1) is 0 Å². The molecular formula is C24H39NO2Si. The smallest absolute Gasteiger partial charge is 0.184 e. The van der Waals surface area contributed by atoms with E-state index in [9.17, 15) is 0 Å². The molecule has 0 bridgehead atoms. The summed E-state index contributed by atoms with van der Waals surface area (Å²) < 4.78 is 6.89. The molecule has 0 saturated heterocycles. The minimum atomic E-state index is -1.57. The molecule has 0 radical (unpaired) electrons. The van der Waals surface area contributed by atoms with E-state index in [1.54, 1.807) is 12.7 Å². The van der Waals surface area contributed by atoms with Crippen molar-refractivity contribution in [3.8, 4) is 0 Å². The molecule has 3 saturated carbocycles. The standard InChI is InChI=1S/C24H39NO2Si/c1-22-13-10-18(25-26-4)16-17(22)8-9-19-20(22)11-14-23(2)21(19)12-15-24(23,3)27-28(5,6)7/h10,13,16,19-21H,8-9,11-12,14-15H2,1-7H3/t19-,20+,21+,22+,23+,24?/m1/s1. The summed E-state index contributed by atoms with van der Waals surface area (Å²) in [6.07, 6.45) is 14.6. The van der Waals surface area contributed by atoms with Crippen molar-refractivity contribution in [2.45, 2.75) is 84.5 Å². The van der Waals surface area contributed by atoms with Crippen molar-refractivity contribution in [1.82, 2.24) is 0 Å². The Morgan fingerprint density at radius 2 is 1.75 bits per heavy atom. The van der Waals surface area contributed by atoms with E-state index in [0.29, 0.717) is 5.41 Å². The van der Waals surface area contributed by atoms with Crippen molar-refractivity contribution in [3.63, 3.8) is 0 Å². The average Bonchev–Trinajstić information content (AvgIpc) is 2.85. The van der Waals surface area contributed by atoms with Crippen LogP contribution in [0.1, 0.15) is 59.3 Å². The van der Waals surface area contributed by atoms with E-state index in [1.165, 1.54) is 38.5 Å². The summed E-state index contributed by atoms with van der Waals surface area (Å²) in [6.45, 7) is 14.5. The molecule has 4 aliphatic rings. The second-order valence-electron chi connectivity index (χ2n) is 11.3. The fraction of sp³-hybridized carbons (Fsp3) is 0.792. The molecule has 28 heavy (non-hydrogen) atoms. The molecule has 4 rings (SSSR count). The number of oxime groups is 1. The summed E-state index contributed by atoms with van der Waals surface area (Å²) in [5.41, 5.74) is 3.11. The van der Waals surface area contributed by atoms with Crippen LogP contribution in [0.3, 0.4) is 0 Å². The number of allylic oxidation sites excluding steroid dienone is 4. The predicted molar refractivity (Wildman–Crippen MR) is 119 cm³/mol. The third-order valence-corrected chi connectivity index (χ3v) is 9.89. The molecule has 6 atom stereocenters. The lowest BCUT2D eigenvalue weighted by atomic mass is 9.47. The van der Waals surface area contributed by atoms with Crippen LogP contribution < -0.4 is 0 Å². The molecule has 0 aromatic rings. The summed E-state index contributed by atoms with van der Waals surface area (Å²) in [5, 5.41) is 4.17. The first-order chi connectivity index (χ1) is 13.0. The van der Waals surface area contributed by atoms with Crippen molar-refractivity contribution >= 4 is 14.0 Å². The summed E-state index contributed by atoms with van der Waals surface area (Å²) in [5.74, 6) is 2.37. The maximum atomic E-state index is 6.89. The molecule has 4 heteroatoms. The van der Waals surface area contributed by atoms with Gasteiger partial charge in [-0.3, -0.25) is 0 Å². The second-order valence-corrected chi connectivity index (χ2v) is 15.8. The number of nitrogens with zero attached hydrogens (tertiary/aromatic N) is 1. The molecule has 0 spiro atoms. The van der Waals surface area contributed by atoms with Gasteiger partial charge in [0, 0.05) is 5.41 Å². The number of hydrogen-bond acceptors (Lipinski definition) is 3. The Morgan fingerprint density at radius 3 is 2.43 bits per heavy atom. The van der Waals surface area contributed by atoms with Gasteiger partial charge in [0.05, 0.1) is 5.60 Å². The predicted octanol–water partition coefficient (Wildman–Crippen LogP) is 6.34. The molecular weight excluding hydrogens is 362 g/mol. The summed E-state index contributed by atoms with van der Waals surface area (Å²) in [7, 11) is 0.0653. The molecule has 0 aliphatic heterocycles. The van der Waals surface area contributed by atoms with E-state index in [4.69, 9.17) is 9.26 Å². The monoisotopic (exact) mass is 401 g/mol. The van der Waals surface area contributed by atoms with E-state index in [2.05, 4.69) is 63.8 Å². The van der Waals surface area contributed by atoms with Gasteiger partial charge in [0.1, 0.15) is 12.8 Å². The molecule has 0 aromatic heterocycles. The fourth-order valence-electron chi connectivity index (χ4n) is 7.44. The Hall–Kier alpha value is -0.873. The average molecular weight is 402 g/mol. The van der Waals surface area contributed by atoms with Gasteiger partial charge in [0.25, 0.3) is 0 Å². The van der Waals surface area contributed by atoms with Crippen LogP contribution >= 0.6 is 0 Å². The highest BCUT2D eigenvalue weighted by atomic mass is 28.4. The molecule has 0 aromatic carbocycles. The first kappa shape index (κ1) is 20.4. The zero-order valence-corrected chi connectivity index (χ0v) is 20.0. The molecule has 0 N–H and O–H groups in total. The summed E-state index contributed by atoms with van der Waals surface area (Å²) in [6, 6.07) is 0. The van der Waals surface area contributed by atoms with Crippen molar-refractivity contribution in [2.24, 2.45) is 33.7 Å². The summed E-state index contributed by atoms with van der Waals surface area (Å²) >= 11 is 0. The van der Waals surface area contributed by atoms with E-state index < -0.39 is 8.32 Å². The van der Waals surface area contributed by atoms with E-state index >= 15 is 0 Å². The highest BCUT2D eigenvalue weighted by molar-refractivity contribution is 6.69. The van der Waals surface area contributed by atoms with Gasteiger partial charge in [-0.2, -0.15) is 0 Å². The van der Waals surface area contributed by atoms with Crippen LogP contribution in [0.25, 0.3) is 0 Å². The Kier molecular flexibility index (Phi) is 4.78. The van der Waals surface area contributed by atoms with Gasteiger partial charge < -0.3 is 9.26 Å². The van der Waals surface area contributed by atoms with Crippen molar-refractivity contribution in [1.29, 1.82) is 0 Å². The Balaban J connectivity index is 1.63. The van der Waals surface area contributed by atoms with Crippen LogP contribution in [0.5, 0.6) is 0 Å². The van der Waals surface area contributed by atoms with Crippen LogP contribution in [-0.4, -0.2) is 26.7 Å². The lowest BCUT2D eigenvalue weighted by Gasteiger charge is -2.59. The number of rotatable bonds is 3. The van der Waals surface area contributed by atoms with Gasteiger partial charge in [-0.25, -0.2) is 0 Å². The quantitative estimate of drug-likeness (QED) is 0.408. The van der Waals surface area contributed by atoms with Crippen LogP contribution in [0.15, 0.2) is 29.0 Å². The minimum absolute atomic E-state index is 0.0603. The number of hydrogen-bond donors (Lipinski definition) is 0. The van der Waals surface area contributed by atoms with Gasteiger partial charge >= 0.3 is 0 Å². The topological polar surface area (TPSA) is 30.8 Å². The minimum Gasteiger partial charge on any atom is -0.412 e. The third kappa shape index (κ3) is 2.97. The number of fused-ring (bicyclic) bond motifs is 5. The SMILES string of the molecule is CON=C1C=C[C@@]2(C)C(=C1)CC[C@@H]1[C@@H]2CC[C@@]2(C)[C@H]1CCC2(C)O[Si](C)(C)C. The van der Waals surface area contributed by atoms with Gasteiger partial charge in [-0.05, 0) is 100 Å². The van der Waals surface area contributed by atoms with Gasteiger partial charge in [0.15, 0.2) is 8.32 Å². The van der Waals surface area contributed by atoms with Crippen LogP contribution in [-0.2, 0) is 9.26 Å². The normalized spacial score (nSPS) is 46.6. The van der Waals surface area contributed by atoms with Crippen molar-refractivity contribution < 1.29 is 9.26 Å². The zero-order valence-electron chi connectivity index (χ0n) is 19.0. The van der Waals surface area contributed by atoms with Gasteiger partial charge in [0.2, 0.25) is 0 Å². The lowest BCUT2D eigenvalue weighted by Crippen LogP contribution is -2.56. The summed E-state index contributed by atoms with van der Waals surface area (Å²) in [4.78, 5) is 5.01. The van der Waals surface area contributed by atoms with Gasteiger partial charge in [-0.1, -0.05) is 30.7 Å². The first-order valence-corrected chi connectivity index (χ1v) is 14.6. The molecule has 4 aliphatic carbocycles. The van der Waals surface area contributed by atoms with Crippen LogP contribution in [0, 0.1) is 28.6 Å². The molecule has 3 fully saturated rings. The van der Waals surface area contributed by atoms with E-state index in [0.717, 1.165) is 23.5 Å². The Bertz CT molecular complexity index is 735. The molecule has 156 valence electrons. The first-order valence-electron chi connectivity index (χ1n) is 11.2.